The number of aryl methyl sites for hydroxylation is 1. The third kappa shape index (κ3) is 4.22. The number of rotatable bonds is 5. The molecule has 1 aromatic carbocycles. The van der Waals surface area contributed by atoms with Gasteiger partial charge in [0.2, 0.25) is 0 Å². The van der Waals surface area contributed by atoms with Crippen LogP contribution in [0.25, 0.3) is 0 Å². The van der Waals surface area contributed by atoms with Crippen LogP contribution in [0.2, 0.25) is 0 Å². The summed E-state index contributed by atoms with van der Waals surface area (Å²) in [6.07, 6.45) is -3.84. The van der Waals surface area contributed by atoms with E-state index < -0.39 is 6.36 Å². The maximum absolute atomic E-state index is 12.0. The molecule has 0 saturated carbocycles. The fourth-order valence-electron chi connectivity index (χ4n) is 1.67. The van der Waals surface area contributed by atoms with Gasteiger partial charge >= 0.3 is 6.36 Å². The van der Waals surface area contributed by atoms with E-state index in [0.717, 1.165) is 17.9 Å². The van der Waals surface area contributed by atoms with Crippen molar-refractivity contribution in [3.05, 3.63) is 47.9 Å². The average Bonchev–Trinajstić information content (AvgIpc) is 2.84. The molecule has 3 nitrogen and oxygen atoms in total. The Morgan fingerprint density at radius 2 is 1.70 bits per heavy atom. The third-order valence-corrected chi connectivity index (χ3v) is 2.62. The highest BCUT2D eigenvalue weighted by molar-refractivity contribution is 5.46. The van der Waals surface area contributed by atoms with E-state index in [1.165, 1.54) is 24.3 Å². The van der Waals surface area contributed by atoms with Crippen molar-refractivity contribution in [1.82, 2.24) is 0 Å². The number of alkyl halides is 3. The summed E-state index contributed by atoms with van der Waals surface area (Å²) in [4.78, 5) is 0. The molecule has 2 rings (SSSR count). The van der Waals surface area contributed by atoms with Crippen LogP contribution in [0, 0.1) is 0 Å². The second-order valence-electron chi connectivity index (χ2n) is 4.15. The maximum Gasteiger partial charge on any atom is 0.573 e. The first kappa shape index (κ1) is 14.3. The smallest absolute Gasteiger partial charge is 0.464 e. The molecule has 2 aromatic rings. The third-order valence-electron chi connectivity index (χ3n) is 2.62. The average molecular weight is 285 g/mol. The van der Waals surface area contributed by atoms with Gasteiger partial charge in [-0.15, -0.1) is 13.2 Å². The highest BCUT2D eigenvalue weighted by atomic mass is 19.4. The van der Waals surface area contributed by atoms with E-state index in [1.54, 1.807) is 0 Å². The van der Waals surface area contributed by atoms with Gasteiger partial charge in [-0.1, -0.05) is 6.92 Å². The highest BCUT2D eigenvalue weighted by Gasteiger charge is 2.30. The molecular weight excluding hydrogens is 271 g/mol. The summed E-state index contributed by atoms with van der Waals surface area (Å²) in [6, 6.07) is 9.32. The Balaban J connectivity index is 1.90. The van der Waals surface area contributed by atoms with Gasteiger partial charge < -0.3 is 14.5 Å². The van der Waals surface area contributed by atoms with E-state index >= 15 is 0 Å². The Morgan fingerprint density at radius 1 is 1.05 bits per heavy atom. The fourth-order valence-corrected chi connectivity index (χ4v) is 1.67. The predicted octanol–water partition coefficient (Wildman–Crippen LogP) is 4.35. The molecular formula is C14H14F3NO2. The summed E-state index contributed by atoms with van der Waals surface area (Å²) in [5, 5.41) is 3.06. The molecule has 0 fully saturated rings. The lowest BCUT2D eigenvalue weighted by atomic mass is 10.3. The lowest BCUT2D eigenvalue weighted by Gasteiger charge is -2.09. The number of hydrogen-bond acceptors (Lipinski definition) is 3. The molecule has 0 radical (unpaired) electrons. The molecule has 0 spiro atoms. The lowest BCUT2D eigenvalue weighted by Crippen LogP contribution is -2.17. The van der Waals surface area contributed by atoms with Gasteiger partial charge in [0.15, 0.2) is 0 Å². The van der Waals surface area contributed by atoms with Crippen LogP contribution in [-0.4, -0.2) is 6.36 Å². The second-order valence-corrected chi connectivity index (χ2v) is 4.15. The number of furan rings is 1. The number of anilines is 1. The zero-order chi connectivity index (χ0) is 14.6. The van der Waals surface area contributed by atoms with Gasteiger partial charge in [0.1, 0.15) is 17.3 Å². The molecule has 6 heteroatoms. The number of halogens is 3. The SMILES string of the molecule is CCc1ccc(CNc2ccc(OC(F)(F)F)cc2)o1. The summed E-state index contributed by atoms with van der Waals surface area (Å²) < 4.78 is 45.3. The van der Waals surface area contributed by atoms with Crippen molar-refractivity contribution in [3.63, 3.8) is 0 Å². The van der Waals surface area contributed by atoms with Crippen molar-refractivity contribution in [2.24, 2.45) is 0 Å². The van der Waals surface area contributed by atoms with E-state index in [2.05, 4.69) is 10.1 Å². The molecule has 1 heterocycles. The van der Waals surface area contributed by atoms with Crippen LogP contribution >= 0.6 is 0 Å². The van der Waals surface area contributed by atoms with E-state index in [4.69, 9.17) is 4.42 Å². The van der Waals surface area contributed by atoms with Crippen molar-refractivity contribution < 1.29 is 22.3 Å². The van der Waals surface area contributed by atoms with Gasteiger partial charge in [-0.05, 0) is 36.4 Å². The minimum absolute atomic E-state index is 0.241. The van der Waals surface area contributed by atoms with Crippen LogP contribution in [0.3, 0.4) is 0 Å². The van der Waals surface area contributed by atoms with Crippen LogP contribution in [0.1, 0.15) is 18.4 Å². The van der Waals surface area contributed by atoms with Crippen molar-refractivity contribution in [2.45, 2.75) is 26.3 Å². The Kier molecular flexibility index (Phi) is 4.22. The van der Waals surface area contributed by atoms with Crippen molar-refractivity contribution in [1.29, 1.82) is 0 Å². The zero-order valence-corrected chi connectivity index (χ0v) is 10.8. The summed E-state index contributed by atoms with van der Waals surface area (Å²) in [7, 11) is 0. The summed E-state index contributed by atoms with van der Waals surface area (Å²) >= 11 is 0. The molecule has 0 atom stereocenters. The molecule has 0 aliphatic heterocycles. The Hall–Kier alpha value is -2.11. The Bertz CT molecular complexity index is 546. The van der Waals surface area contributed by atoms with Gasteiger partial charge in [-0.3, -0.25) is 0 Å². The first-order valence-electron chi connectivity index (χ1n) is 6.13. The minimum Gasteiger partial charge on any atom is -0.464 e. The van der Waals surface area contributed by atoms with E-state index in [-0.39, 0.29) is 5.75 Å². The van der Waals surface area contributed by atoms with Crippen molar-refractivity contribution in [2.75, 3.05) is 5.32 Å². The first-order valence-corrected chi connectivity index (χ1v) is 6.13. The highest BCUT2D eigenvalue weighted by Crippen LogP contribution is 2.24. The molecule has 0 unspecified atom stereocenters. The quantitative estimate of drug-likeness (QED) is 0.886. The van der Waals surface area contributed by atoms with Crippen LogP contribution in [0.4, 0.5) is 18.9 Å². The molecule has 0 aliphatic carbocycles. The van der Waals surface area contributed by atoms with Gasteiger partial charge in [-0.2, -0.15) is 0 Å². The molecule has 0 saturated heterocycles. The summed E-state index contributed by atoms with van der Waals surface area (Å²) in [5.41, 5.74) is 0.689. The molecule has 0 aliphatic rings. The van der Waals surface area contributed by atoms with E-state index in [1.807, 2.05) is 19.1 Å². The van der Waals surface area contributed by atoms with E-state index in [9.17, 15) is 13.2 Å². The number of ether oxygens (including phenoxy) is 1. The number of nitrogens with one attached hydrogen (secondary N) is 1. The Morgan fingerprint density at radius 3 is 2.25 bits per heavy atom. The van der Waals surface area contributed by atoms with Crippen molar-refractivity contribution in [3.8, 4) is 5.75 Å². The molecule has 0 amide bonds. The molecule has 108 valence electrons. The first-order chi connectivity index (χ1) is 9.46. The van der Waals surface area contributed by atoms with Gasteiger partial charge in [-0.25, -0.2) is 0 Å². The Labute approximate surface area is 114 Å². The topological polar surface area (TPSA) is 34.4 Å². The van der Waals surface area contributed by atoms with E-state index in [0.29, 0.717) is 12.2 Å². The largest absolute Gasteiger partial charge is 0.573 e. The van der Waals surface area contributed by atoms with Crippen LogP contribution in [0.5, 0.6) is 5.75 Å². The minimum atomic E-state index is -4.67. The van der Waals surface area contributed by atoms with Crippen LogP contribution < -0.4 is 10.1 Å². The summed E-state index contributed by atoms with van der Waals surface area (Å²) in [5.74, 6) is 1.43. The molecule has 1 aromatic heterocycles. The lowest BCUT2D eigenvalue weighted by molar-refractivity contribution is -0.274. The van der Waals surface area contributed by atoms with Crippen LogP contribution in [-0.2, 0) is 13.0 Å². The normalized spacial score (nSPS) is 11.4. The summed E-state index contributed by atoms with van der Waals surface area (Å²) in [6.45, 7) is 2.47. The zero-order valence-electron chi connectivity index (χ0n) is 10.8. The fraction of sp³-hybridized carbons (Fsp3) is 0.286. The predicted molar refractivity (Wildman–Crippen MR) is 68.5 cm³/mol. The molecule has 1 N–H and O–H groups in total. The molecule has 20 heavy (non-hydrogen) atoms. The van der Waals surface area contributed by atoms with Gasteiger partial charge in [0, 0.05) is 12.1 Å². The molecule has 0 bridgehead atoms. The second kappa shape index (κ2) is 5.90. The van der Waals surface area contributed by atoms with Gasteiger partial charge in [0.25, 0.3) is 0 Å². The number of benzene rings is 1. The standard InChI is InChI=1S/C14H14F3NO2/c1-2-11-7-8-13(19-11)9-18-10-3-5-12(6-4-10)20-14(15,16)17/h3-8,18H,2,9H2,1H3. The maximum atomic E-state index is 12.0. The van der Waals surface area contributed by atoms with Crippen LogP contribution in [0.15, 0.2) is 40.8 Å². The monoisotopic (exact) mass is 285 g/mol. The van der Waals surface area contributed by atoms with Crippen molar-refractivity contribution >= 4 is 5.69 Å². The van der Waals surface area contributed by atoms with Gasteiger partial charge in [0.05, 0.1) is 6.54 Å². The number of hydrogen-bond donors (Lipinski definition) is 1.